The van der Waals surface area contributed by atoms with Crippen molar-refractivity contribution in [3.63, 3.8) is 0 Å². The van der Waals surface area contributed by atoms with Gasteiger partial charge in [-0.15, -0.1) is 0 Å². The van der Waals surface area contributed by atoms with E-state index in [1.165, 1.54) is 12.0 Å². The fourth-order valence-electron chi connectivity index (χ4n) is 1.94. The van der Waals surface area contributed by atoms with Crippen molar-refractivity contribution in [1.29, 1.82) is 0 Å². The van der Waals surface area contributed by atoms with Crippen LogP contribution in [0.15, 0.2) is 0 Å². The molecule has 0 atom stereocenters. The lowest BCUT2D eigenvalue weighted by Gasteiger charge is -2.28. The number of methoxy groups -OCH3 is 1. The van der Waals surface area contributed by atoms with Gasteiger partial charge in [-0.25, -0.2) is 4.79 Å². The van der Waals surface area contributed by atoms with E-state index in [9.17, 15) is 9.59 Å². The fourth-order valence-corrected chi connectivity index (χ4v) is 1.94. The molecule has 0 saturated heterocycles. The number of nitrogens with one attached hydrogen (secondary N) is 1. The molecule has 0 spiro atoms. The summed E-state index contributed by atoms with van der Waals surface area (Å²) in [6.07, 6.45) is 3.29. The number of urea groups is 1. The molecule has 1 saturated carbocycles. The van der Waals surface area contributed by atoms with Crippen LogP contribution in [0.4, 0.5) is 4.79 Å². The second-order valence-electron chi connectivity index (χ2n) is 4.42. The van der Waals surface area contributed by atoms with E-state index in [4.69, 9.17) is 4.74 Å². The highest BCUT2D eigenvalue weighted by molar-refractivity contribution is 5.74. The maximum Gasteiger partial charge on any atom is 0.317 e. The van der Waals surface area contributed by atoms with Gasteiger partial charge < -0.3 is 15.0 Å². The zero-order chi connectivity index (χ0) is 12.1. The number of esters is 1. The average molecular weight is 228 g/mol. The van der Waals surface area contributed by atoms with Gasteiger partial charge in [0.2, 0.25) is 0 Å². The van der Waals surface area contributed by atoms with Crippen LogP contribution >= 0.6 is 0 Å². The molecule has 1 rings (SSSR count). The largest absolute Gasteiger partial charge is 0.469 e. The first-order valence-corrected chi connectivity index (χ1v) is 5.60. The Morgan fingerprint density at radius 2 is 1.75 bits per heavy atom. The van der Waals surface area contributed by atoms with E-state index in [1.54, 1.807) is 14.1 Å². The first-order chi connectivity index (χ1) is 7.54. The van der Waals surface area contributed by atoms with E-state index < -0.39 is 0 Å². The number of rotatable bonds is 2. The van der Waals surface area contributed by atoms with Crippen LogP contribution < -0.4 is 5.32 Å². The molecule has 0 aromatic heterocycles. The predicted molar refractivity (Wildman–Crippen MR) is 60.0 cm³/mol. The molecule has 5 heteroatoms. The van der Waals surface area contributed by atoms with Crippen LogP contribution in [0.1, 0.15) is 25.7 Å². The van der Waals surface area contributed by atoms with Crippen LogP contribution in [0.3, 0.4) is 0 Å². The van der Waals surface area contributed by atoms with Crippen molar-refractivity contribution >= 4 is 12.0 Å². The minimum absolute atomic E-state index is 0.0116. The molecule has 5 nitrogen and oxygen atoms in total. The van der Waals surface area contributed by atoms with Gasteiger partial charge >= 0.3 is 12.0 Å². The molecule has 0 aromatic rings. The molecular weight excluding hydrogens is 208 g/mol. The lowest BCUT2D eigenvalue weighted by molar-refractivity contribution is -0.146. The van der Waals surface area contributed by atoms with Crippen LogP contribution in [0, 0.1) is 5.92 Å². The van der Waals surface area contributed by atoms with E-state index in [1.807, 2.05) is 0 Å². The van der Waals surface area contributed by atoms with Crippen LogP contribution in [0.2, 0.25) is 0 Å². The zero-order valence-electron chi connectivity index (χ0n) is 10.2. The molecule has 1 fully saturated rings. The highest BCUT2D eigenvalue weighted by atomic mass is 16.5. The molecule has 0 radical (unpaired) electrons. The van der Waals surface area contributed by atoms with Gasteiger partial charge in [-0.1, -0.05) is 0 Å². The Kier molecular flexibility index (Phi) is 4.58. The van der Waals surface area contributed by atoms with E-state index in [0.717, 1.165) is 25.7 Å². The van der Waals surface area contributed by atoms with Crippen molar-refractivity contribution in [1.82, 2.24) is 10.2 Å². The van der Waals surface area contributed by atoms with Crippen molar-refractivity contribution in [2.75, 3.05) is 21.2 Å². The van der Waals surface area contributed by atoms with Gasteiger partial charge in [0.1, 0.15) is 0 Å². The minimum atomic E-state index is -0.127. The van der Waals surface area contributed by atoms with E-state index in [-0.39, 0.29) is 24.0 Å². The highest BCUT2D eigenvalue weighted by Crippen LogP contribution is 2.25. The van der Waals surface area contributed by atoms with Crippen molar-refractivity contribution in [3.8, 4) is 0 Å². The zero-order valence-corrected chi connectivity index (χ0v) is 10.2. The quantitative estimate of drug-likeness (QED) is 0.717. The lowest BCUT2D eigenvalue weighted by atomic mass is 9.86. The van der Waals surface area contributed by atoms with Gasteiger partial charge in [-0.05, 0) is 25.7 Å². The number of carbonyl (C=O) groups excluding carboxylic acids is 2. The van der Waals surface area contributed by atoms with Gasteiger partial charge in [0, 0.05) is 20.1 Å². The van der Waals surface area contributed by atoms with E-state index in [0.29, 0.717) is 0 Å². The highest BCUT2D eigenvalue weighted by Gasteiger charge is 2.27. The summed E-state index contributed by atoms with van der Waals surface area (Å²) in [5.41, 5.74) is 0. The Morgan fingerprint density at radius 3 is 2.19 bits per heavy atom. The van der Waals surface area contributed by atoms with Crippen molar-refractivity contribution < 1.29 is 14.3 Å². The summed E-state index contributed by atoms with van der Waals surface area (Å²) in [5.74, 6) is -0.116. The predicted octanol–water partition coefficient (Wildman–Crippen LogP) is 0.989. The number of amides is 2. The van der Waals surface area contributed by atoms with Crippen LogP contribution in [-0.4, -0.2) is 44.1 Å². The standard InChI is InChI=1S/C11H20N2O3/c1-13(2)11(15)12-9-6-4-8(5-7-9)10(14)16-3/h8-9H,4-7H2,1-3H3,(H,12,15). The molecule has 2 amide bonds. The third kappa shape index (κ3) is 3.40. The molecule has 1 N–H and O–H groups in total. The van der Waals surface area contributed by atoms with Crippen LogP contribution in [0.25, 0.3) is 0 Å². The smallest absolute Gasteiger partial charge is 0.317 e. The third-order valence-corrected chi connectivity index (χ3v) is 3.00. The summed E-state index contributed by atoms with van der Waals surface area (Å²) in [4.78, 5) is 24.2. The average Bonchev–Trinajstić information content (AvgIpc) is 2.28. The maximum absolute atomic E-state index is 11.4. The maximum atomic E-state index is 11.4. The Balaban J connectivity index is 2.32. The summed E-state index contributed by atoms with van der Waals surface area (Å²) in [5, 5.41) is 2.93. The Morgan fingerprint density at radius 1 is 1.19 bits per heavy atom. The molecule has 16 heavy (non-hydrogen) atoms. The fraction of sp³-hybridized carbons (Fsp3) is 0.818. The summed E-state index contributed by atoms with van der Waals surface area (Å²) < 4.78 is 4.71. The first kappa shape index (κ1) is 12.8. The van der Waals surface area contributed by atoms with Crippen LogP contribution in [0.5, 0.6) is 0 Å². The van der Waals surface area contributed by atoms with E-state index in [2.05, 4.69) is 5.32 Å². The second kappa shape index (κ2) is 5.72. The van der Waals surface area contributed by atoms with Gasteiger partial charge in [-0.3, -0.25) is 4.79 Å². The second-order valence-corrected chi connectivity index (χ2v) is 4.42. The molecule has 1 aliphatic carbocycles. The Hall–Kier alpha value is -1.26. The molecule has 92 valence electrons. The summed E-state index contributed by atoms with van der Waals surface area (Å²) in [6, 6.07) is 0.123. The minimum Gasteiger partial charge on any atom is -0.469 e. The topological polar surface area (TPSA) is 58.6 Å². The molecule has 0 bridgehead atoms. The summed E-state index contributed by atoms with van der Waals surface area (Å²) >= 11 is 0. The molecule has 0 unspecified atom stereocenters. The van der Waals surface area contributed by atoms with Crippen molar-refractivity contribution in [2.45, 2.75) is 31.7 Å². The van der Waals surface area contributed by atoms with Gasteiger partial charge in [-0.2, -0.15) is 0 Å². The normalized spacial score (nSPS) is 24.7. The molecule has 0 aromatic carbocycles. The SMILES string of the molecule is COC(=O)C1CCC(NC(=O)N(C)C)CC1. The van der Waals surface area contributed by atoms with Crippen LogP contribution in [-0.2, 0) is 9.53 Å². The number of carbonyl (C=O) groups is 2. The molecule has 1 aliphatic rings. The number of nitrogens with zero attached hydrogens (tertiary/aromatic N) is 1. The number of ether oxygens (including phenoxy) is 1. The van der Waals surface area contributed by atoms with Crippen molar-refractivity contribution in [2.24, 2.45) is 5.92 Å². The Bertz CT molecular complexity index is 258. The van der Waals surface area contributed by atoms with Gasteiger partial charge in [0.25, 0.3) is 0 Å². The summed E-state index contributed by atoms with van der Waals surface area (Å²) in [7, 11) is 4.85. The Labute approximate surface area is 96.1 Å². The van der Waals surface area contributed by atoms with Gasteiger partial charge in [0.15, 0.2) is 0 Å². The third-order valence-electron chi connectivity index (χ3n) is 3.00. The molecule has 0 heterocycles. The van der Waals surface area contributed by atoms with E-state index >= 15 is 0 Å². The van der Waals surface area contributed by atoms with Gasteiger partial charge in [0.05, 0.1) is 13.0 Å². The number of hydrogen-bond acceptors (Lipinski definition) is 3. The first-order valence-electron chi connectivity index (χ1n) is 5.60. The molecule has 0 aliphatic heterocycles. The lowest BCUT2D eigenvalue weighted by Crippen LogP contribution is -2.43. The van der Waals surface area contributed by atoms with Crippen molar-refractivity contribution in [3.05, 3.63) is 0 Å². The molecular formula is C11H20N2O3. The monoisotopic (exact) mass is 228 g/mol. The summed E-state index contributed by atoms with van der Waals surface area (Å²) in [6.45, 7) is 0. The number of hydrogen-bond donors (Lipinski definition) is 1.